The first-order valence-corrected chi connectivity index (χ1v) is 9.97. The molecule has 168 valence electrons. The van der Waals surface area contributed by atoms with Crippen LogP contribution in [0.1, 0.15) is 26.3 Å². The van der Waals surface area contributed by atoms with Crippen LogP contribution in [0.3, 0.4) is 0 Å². The molecule has 33 heavy (non-hydrogen) atoms. The predicted molar refractivity (Wildman–Crippen MR) is 119 cm³/mol. The van der Waals surface area contributed by atoms with Gasteiger partial charge in [-0.1, -0.05) is 54.1 Å². The highest BCUT2D eigenvalue weighted by Gasteiger charge is 2.41. The predicted octanol–water partition coefficient (Wildman–Crippen LogP) is 3.47. The SMILES string of the molecule is Cc1ccc(NC(=O)[C@@H](OC(=O)c2ccccc2)[C@@H](OC(=O)c2ccccc2)C(=O)O)cc1. The fraction of sp³-hybridized carbons (Fsp3) is 0.120. The molecule has 0 aromatic heterocycles. The van der Waals surface area contributed by atoms with E-state index in [4.69, 9.17) is 9.47 Å². The molecule has 3 aromatic carbocycles. The van der Waals surface area contributed by atoms with E-state index in [1.165, 1.54) is 24.3 Å². The molecule has 0 spiro atoms. The molecule has 0 saturated carbocycles. The van der Waals surface area contributed by atoms with E-state index in [0.717, 1.165) is 5.56 Å². The number of nitrogens with one attached hydrogen (secondary N) is 1. The first-order valence-electron chi connectivity index (χ1n) is 9.97. The van der Waals surface area contributed by atoms with E-state index < -0.39 is 36.0 Å². The molecule has 1 amide bonds. The normalized spacial score (nSPS) is 12.2. The van der Waals surface area contributed by atoms with Crippen molar-refractivity contribution in [2.45, 2.75) is 19.1 Å². The minimum absolute atomic E-state index is 0.0795. The largest absolute Gasteiger partial charge is 0.478 e. The maximum atomic E-state index is 13.0. The topological polar surface area (TPSA) is 119 Å². The highest BCUT2D eigenvalue weighted by Crippen LogP contribution is 2.16. The van der Waals surface area contributed by atoms with Crippen molar-refractivity contribution in [3.05, 3.63) is 102 Å². The van der Waals surface area contributed by atoms with Crippen LogP contribution in [-0.2, 0) is 19.1 Å². The zero-order chi connectivity index (χ0) is 23.8. The van der Waals surface area contributed by atoms with Gasteiger partial charge in [-0.3, -0.25) is 4.79 Å². The number of carbonyl (C=O) groups is 4. The van der Waals surface area contributed by atoms with E-state index in [0.29, 0.717) is 5.69 Å². The minimum Gasteiger partial charge on any atom is -0.478 e. The van der Waals surface area contributed by atoms with Gasteiger partial charge < -0.3 is 19.9 Å². The second kappa shape index (κ2) is 10.7. The number of rotatable bonds is 8. The van der Waals surface area contributed by atoms with E-state index in [1.807, 2.05) is 6.92 Å². The summed E-state index contributed by atoms with van der Waals surface area (Å²) < 4.78 is 10.3. The lowest BCUT2D eigenvalue weighted by Crippen LogP contribution is -2.48. The molecule has 2 N–H and O–H groups in total. The Balaban J connectivity index is 1.89. The lowest BCUT2D eigenvalue weighted by atomic mass is 10.1. The first-order chi connectivity index (χ1) is 15.8. The molecule has 0 bridgehead atoms. The molecule has 0 unspecified atom stereocenters. The average Bonchev–Trinajstić information content (AvgIpc) is 2.83. The van der Waals surface area contributed by atoms with Crippen LogP contribution in [0.5, 0.6) is 0 Å². The van der Waals surface area contributed by atoms with Crippen molar-refractivity contribution in [2.24, 2.45) is 0 Å². The highest BCUT2D eigenvalue weighted by molar-refractivity contribution is 6.01. The summed E-state index contributed by atoms with van der Waals surface area (Å²) in [6.07, 6.45) is -4.04. The maximum Gasteiger partial charge on any atom is 0.349 e. The molecule has 0 saturated heterocycles. The van der Waals surface area contributed by atoms with Crippen LogP contribution >= 0.6 is 0 Å². The van der Waals surface area contributed by atoms with Gasteiger partial charge in [0.2, 0.25) is 12.2 Å². The molecule has 8 nitrogen and oxygen atoms in total. The Bertz CT molecular complexity index is 1130. The van der Waals surface area contributed by atoms with Gasteiger partial charge in [0.05, 0.1) is 11.1 Å². The van der Waals surface area contributed by atoms with Crippen molar-refractivity contribution in [1.82, 2.24) is 0 Å². The number of hydrogen-bond donors (Lipinski definition) is 2. The molecular formula is C25H21NO7. The number of benzene rings is 3. The fourth-order valence-electron chi connectivity index (χ4n) is 2.86. The summed E-state index contributed by atoms with van der Waals surface area (Å²) in [6, 6.07) is 22.1. The summed E-state index contributed by atoms with van der Waals surface area (Å²) in [4.78, 5) is 50.0. The molecule has 0 heterocycles. The van der Waals surface area contributed by atoms with Gasteiger partial charge in [-0.05, 0) is 43.3 Å². The van der Waals surface area contributed by atoms with Gasteiger partial charge in [-0.25, -0.2) is 14.4 Å². The number of carboxylic acid groups (broad SMARTS) is 1. The third-order valence-corrected chi connectivity index (χ3v) is 4.58. The quantitative estimate of drug-likeness (QED) is 0.508. The Morgan fingerprint density at radius 2 is 1.15 bits per heavy atom. The Morgan fingerprint density at radius 1 is 0.697 bits per heavy atom. The smallest absolute Gasteiger partial charge is 0.349 e. The number of esters is 2. The van der Waals surface area contributed by atoms with Crippen molar-refractivity contribution in [1.29, 1.82) is 0 Å². The molecule has 0 aliphatic rings. The Morgan fingerprint density at radius 3 is 1.61 bits per heavy atom. The minimum atomic E-state index is -2.09. The number of anilines is 1. The third-order valence-electron chi connectivity index (χ3n) is 4.58. The molecule has 0 aliphatic carbocycles. The van der Waals surface area contributed by atoms with Gasteiger partial charge in [0.1, 0.15) is 0 Å². The van der Waals surface area contributed by atoms with Gasteiger partial charge in [0, 0.05) is 5.69 Å². The molecule has 0 aliphatic heterocycles. The second-order valence-corrected chi connectivity index (χ2v) is 7.08. The second-order valence-electron chi connectivity index (χ2n) is 7.08. The van der Waals surface area contributed by atoms with E-state index in [2.05, 4.69) is 5.32 Å². The van der Waals surface area contributed by atoms with Crippen LogP contribution in [0.15, 0.2) is 84.9 Å². The number of hydrogen-bond acceptors (Lipinski definition) is 6. The number of aryl methyl sites for hydroxylation is 1. The van der Waals surface area contributed by atoms with Crippen molar-refractivity contribution < 1.29 is 33.8 Å². The van der Waals surface area contributed by atoms with Crippen molar-refractivity contribution in [2.75, 3.05) is 5.32 Å². The van der Waals surface area contributed by atoms with Gasteiger partial charge in [0.15, 0.2) is 0 Å². The summed E-state index contributed by atoms with van der Waals surface area (Å²) in [7, 11) is 0. The van der Waals surface area contributed by atoms with Crippen molar-refractivity contribution in [3.63, 3.8) is 0 Å². The number of aliphatic carboxylic acids is 1. The van der Waals surface area contributed by atoms with Crippen LogP contribution < -0.4 is 5.32 Å². The lowest BCUT2D eigenvalue weighted by Gasteiger charge is -2.23. The summed E-state index contributed by atoms with van der Waals surface area (Å²) in [6.45, 7) is 1.86. The molecule has 3 aromatic rings. The number of carboxylic acids is 1. The highest BCUT2D eigenvalue weighted by atomic mass is 16.6. The molecule has 8 heteroatoms. The van der Waals surface area contributed by atoms with Crippen LogP contribution in [0.25, 0.3) is 0 Å². The monoisotopic (exact) mass is 447 g/mol. The zero-order valence-electron chi connectivity index (χ0n) is 17.6. The number of carbonyl (C=O) groups excluding carboxylic acids is 3. The van der Waals surface area contributed by atoms with E-state index in [-0.39, 0.29) is 11.1 Å². The van der Waals surface area contributed by atoms with E-state index in [1.54, 1.807) is 60.7 Å². The molecule has 2 atom stereocenters. The Kier molecular flexibility index (Phi) is 7.54. The maximum absolute atomic E-state index is 13.0. The molecule has 3 rings (SSSR count). The molecule has 0 radical (unpaired) electrons. The number of amides is 1. The first kappa shape index (κ1) is 23.2. The zero-order valence-corrected chi connectivity index (χ0v) is 17.6. The fourth-order valence-corrected chi connectivity index (χ4v) is 2.86. The number of ether oxygens (including phenoxy) is 2. The van der Waals surface area contributed by atoms with Crippen LogP contribution in [0.2, 0.25) is 0 Å². The van der Waals surface area contributed by atoms with Crippen molar-refractivity contribution in [3.8, 4) is 0 Å². The lowest BCUT2D eigenvalue weighted by molar-refractivity contribution is -0.157. The summed E-state index contributed by atoms with van der Waals surface area (Å²) >= 11 is 0. The van der Waals surface area contributed by atoms with Crippen LogP contribution in [0.4, 0.5) is 5.69 Å². The third kappa shape index (κ3) is 6.27. The standard InChI is InChI=1S/C25H21NO7/c1-16-12-14-19(15-13-16)26-22(27)20(32-24(30)17-8-4-2-5-9-17)21(23(28)29)33-25(31)18-10-6-3-7-11-18/h2-15,20-21H,1H3,(H,26,27)(H,28,29)/t20-,21+/m0/s1. The molecule has 0 fully saturated rings. The molecular weight excluding hydrogens is 426 g/mol. The Hall–Kier alpha value is -4.46. The van der Waals surface area contributed by atoms with Crippen LogP contribution in [-0.4, -0.2) is 41.1 Å². The Labute approximate surface area is 189 Å². The average molecular weight is 447 g/mol. The van der Waals surface area contributed by atoms with Crippen LogP contribution in [0, 0.1) is 6.92 Å². The van der Waals surface area contributed by atoms with E-state index >= 15 is 0 Å². The van der Waals surface area contributed by atoms with Gasteiger partial charge >= 0.3 is 17.9 Å². The van der Waals surface area contributed by atoms with Gasteiger partial charge in [-0.2, -0.15) is 0 Å². The van der Waals surface area contributed by atoms with Crippen molar-refractivity contribution >= 4 is 29.5 Å². The summed E-state index contributed by atoms with van der Waals surface area (Å²) in [5.41, 5.74) is 1.48. The van der Waals surface area contributed by atoms with Gasteiger partial charge in [-0.15, -0.1) is 0 Å². The summed E-state index contributed by atoms with van der Waals surface area (Å²) in [5.74, 6) is -4.53. The summed E-state index contributed by atoms with van der Waals surface area (Å²) in [5, 5.41) is 12.2. The van der Waals surface area contributed by atoms with E-state index in [9.17, 15) is 24.3 Å². The van der Waals surface area contributed by atoms with Gasteiger partial charge in [0.25, 0.3) is 5.91 Å².